The number of carboxylic acids is 1. The predicted octanol–water partition coefficient (Wildman–Crippen LogP) is 2.25. The lowest BCUT2D eigenvalue weighted by atomic mass is 9.91. The number of amides is 1. The molecule has 0 radical (unpaired) electrons. The van der Waals surface area contributed by atoms with Crippen molar-refractivity contribution in [2.24, 2.45) is 0 Å². The number of carbonyl (C=O) groups is 2. The summed E-state index contributed by atoms with van der Waals surface area (Å²) in [6, 6.07) is 10.3. The Balaban J connectivity index is 1.82. The van der Waals surface area contributed by atoms with Crippen molar-refractivity contribution in [3.05, 3.63) is 59.4 Å². The van der Waals surface area contributed by atoms with E-state index in [-0.39, 0.29) is 5.56 Å². The van der Waals surface area contributed by atoms with Crippen molar-refractivity contribution in [3.63, 3.8) is 0 Å². The van der Waals surface area contributed by atoms with Gasteiger partial charge in [0.05, 0.1) is 7.11 Å². The Kier molecular flexibility index (Phi) is 4.54. The van der Waals surface area contributed by atoms with Gasteiger partial charge >= 0.3 is 5.97 Å². The van der Waals surface area contributed by atoms with E-state index in [9.17, 15) is 19.1 Å². The quantitative estimate of drug-likeness (QED) is 0.855. The molecular formula is C19H18FNO5. The fourth-order valence-electron chi connectivity index (χ4n) is 2.91. The standard InChI is InChI=1S/C19H18FNO5/c1-19(18(23)24,12-6-8-13(20)9-7-12)21-17(22)15-10-11-4-3-5-14(25-2)16(11)26-15/h3-9,15H,10H2,1-2H3,(H,21,22)(H,23,24). The Morgan fingerprint density at radius 2 is 1.96 bits per heavy atom. The molecule has 0 saturated carbocycles. The molecule has 2 atom stereocenters. The summed E-state index contributed by atoms with van der Waals surface area (Å²) < 4.78 is 24.0. The number of hydrogen-bond donors (Lipinski definition) is 2. The highest BCUT2D eigenvalue weighted by Gasteiger charge is 2.41. The van der Waals surface area contributed by atoms with Gasteiger partial charge in [0.2, 0.25) is 0 Å². The first-order valence-electron chi connectivity index (χ1n) is 7.99. The second-order valence-electron chi connectivity index (χ2n) is 6.19. The van der Waals surface area contributed by atoms with Gasteiger partial charge in [-0.1, -0.05) is 24.3 Å². The number of ether oxygens (including phenoxy) is 2. The van der Waals surface area contributed by atoms with Gasteiger partial charge in [-0.15, -0.1) is 0 Å². The lowest BCUT2D eigenvalue weighted by Gasteiger charge is -2.28. The number of carboxylic acid groups (broad SMARTS) is 1. The molecule has 1 aliphatic rings. The van der Waals surface area contributed by atoms with E-state index in [1.807, 2.05) is 6.07 Å². The van der Waals surface area contributed by atoms with Crippen LogP contribution in [0.25, 0.3) is 0 Å². The van der Waals surface area contributed by atoms with E-state index in [1.54, 1.807) is 12.1 Å². The molecule has 26 heavy (non-hydrogen) atoms. The monoisotopic (exact) mass is 359 g/mol. The minimum Gasteiger partial charge on any atom is -0.493 e. The highest BCUT2D eigenvalue weighted by atomic mass is 19.1. The molecule has 3 rings (SSSR count). The fourth-order valence-corrected chi connectivity index (χ4v) is 2.91. The number of fused-ring (bicyclic) bond motifs is 1. The van der Waals surface area contributed by atoms with Crippen LogP contribution in [0.1, 0.15) is 18.1 Å². The van der Waals surface area contributed by atoms with Crippen molar-refractivity contribution < 1.29 is 28.6 Å². The molecule has 6 nitrogen and oxygen atoms in total. The van der Waals surface area contributed by atoms with Gasteiger partial charge in [-0.2, -0.15) is 0 Å². The highest BCUT2D eigenvalue weighted by Crippen LogP contribution is 2.38. The van der Waals surface area contributed by atoms with Gasteiger partial charge < -0.3 is 19.9 Å². The average molecular weight is 359 g/mol. The zero-order valence-electron chi connectivity index (χ0n) is 14.3. The molecular weight excluding hydrogens is 341 g/mol. The summed E-state index contributed by atoms with van der Waals surface area (Å²) in [6.45, 7) is 1.35. The van der Waals surface area contributed by atoms with Crippen molar-refractivity contribution in [2.75, 3.05) is 7.11 Å². The lowest BCUT2D eigenvalue weighted by molar-refractivity contribution is -0.148. The summed E-state index contributed by atoms with van der Waals surface area (Å²) in [5.74, 6) is -1.33. The third-order valence-electron chi connectivity index (χ3n) is 4.46. The van der Waals surface area contributed by atoms with Crippen molar-refractivity contribution in [1.29, 1.82) is 0 Å². The van der Waals surface area contributed by atoms with Crippen LogP contribution in [0.5, 0.6) is 11.5 Å². The number of carbonyl (C=O) groups excluding carboxylic acids is 1. The van der Waals surface area contributed by atoms with Gasteiger partial charge in [-0.25, -0.2) is 9.18 Å². The van der Waals surface area contributed by atoms with Crippen LogP contribution >= 0.6 is 0 Å². The highest BCUT2D eigenvalue weighted by molar-refractivity contribution is 5.90. The number of methoxy groups -OCH3 is 1. The van der Waals surface area contributed by atoms with Crippen LogP contribution in [0.3, 0.4) is 0 Å². The molecule has 136 valence electrons. The predicted molar refractivity (Wildman–Crippen MR) is 90.6 cm³/mol. The molecule has 2 unspecified atom stereocenters. The van der Waals surface area contributed by atoms with Crippen molar-refractivity contribution in [1.82, 2.24) is 5.32 Å². The molecule has 1 aliphatic heterocycles. The number of hydrogen-bond acceptors (Lipinski definition) is 4. The second-order valence-corrected chi connectivity index (χ2v) is 6.19. The van der Waals surface area contributed by atoms with Gasteiger partial charge in [0.25, 0.3) is 5.91 Å². The Morgan fingerprint density at radius 1 is 1.27 bits per heavy atom. The van der Waals surface area contributed by atoms with Gasteiger partial charge in [-0.05, 0) is 30.7 Å². The van der Waals surface area contributed by atoms with Crippen LogP contribution in [0.15, 0.2) is 42.5 Å². The SMILES string of the molecule is COc1cccc2c1OC(C(=O)NC(C)(C(=O)O)c1ccc(F)cc1)C2. The maximum atomic E-state index is 13.1. The van der Waals surface area contributed by atoms with Crippen molar-refractivity contribution in [2.45, 2.75) is 25.0 Å². The van der Waals surface area contributed by atoms with Crippen molar-refractivity contribution in [3.8, 4) is 11.5 Å². The Morgan fingerprint density at radius 3 is 2.58 bits per heavy atom. The summed E-state index contributed by atoms with van der Waals surface area (Å²) in [4.78, 5) is 24.5. The average Bonchev–Trinajstić information content (AvgIpc) is 3.06. The van der Waals surface area contributed by atoms with Crippen LogP contribution in [-0.2, 0) is 21.5 Å². The van der Waals surface area contributed by atoms with E-state index in [0.29, 0.717) is 17.9 Å². The van der Waals surface area contributed by atoms with E-state index in [4.69, 9.17) is 9.47 Å². The van der Waals surface area contributed by atoms with Gasteiger partial charge in [0.15, 0.2) is 23.1 Å². The number of rotatable bonds is 5. The molecule has 0 fully saturated rings. The summed E-state index contributed by atoms with van der Waals surface area (Å²) in [5, 5.41) is 12.1. The summed E-state index contributed by atoms with van der Waals surface area (Å²) in [5.41, 5.74) is -0.649. The van der Waals surface area contributed by atoms with Crippen LogP contribution in [-0.4, -0.2) is 30.2 Å². The number of halogens is 1. The first-order valence-corrected chi connectivity index (χ1v) is 7.99. The second kappa shape index (κ2) is 6.67. The molecule has 0 spiro atoms. The van der Waals surface area contributed by atoms with Crippen LogP contribution < -0.4 is 14.8 Å². The molecule has 1 heterocycles. The minimum absolute atomic E-state index is 0.257. The number of aliphatic carboxylic acids is 1. The van der Waals surface area contributed by atoms with Gasteiger partial charge in [0, 0.05) is 12.0 Å². The summed E-state index contributed by atoms with van der Waals surface area (Å²) >= 11 is 0. The molecule has 0 aromatic heterocycles. The Bertz CT molecular complexity index is 852. The lowest BCUT2D eigenvalue weighted by Crippen LogP contribution is -2.53. The first-order chi connectivity index (χ1) is 12.3. The molecule has 0 saturated heterocycles. The van der Waals surface area contributed by atoms with E-state index in [2.05, 4.69) is 5.32 Å². The number of para-hydroxylation sites is 1. The molecule has 0 aliphatic carbocycles. The zero-order valence-corrected chi connectivity index (χ0v) is 14.3. The Hall–Kier alpha value is -3.09. The molecule has 0 bridgehead atoms. The molecule has 2 N–H and O–H groups in total. The maximum absolute atomic E-state index is 13.1. The maximum Gasteiger partial charge on any atom is 0.333 e. The Labute approximate surface area is 149 Å². The zero-order chi connectivity index (χ0) is 18.9. The van der Waals surface area contributed by atoms with E-state index in [1.165, 1.54) is 26.2 Å². The van der Waals surface area contributed by atoms with E-state index < -0.39 is 29.3 Å². The largest absolute Gasteiger partial charge is 0.493 e. The van der Waals surface area contributed by atoms with E-state index in [0.717, 1.165) is 17.7 Å². The minimum atomic E-state index is -1.72. The number of nitrogens with one attached hydrogen (secondary N) is 1. The van der Waals surface area contributed by atoms with Crippen LogP contribution in [0, 0.1) is 5.82 Å². The van der Waals surface area contributed by atoms with Crippen LogP contribution in [0.2, 0.25) is 0 Å². The third kappa shape index (κ3) is 3.08. The van der Waals surface area contributed by atoms with Gasteiger partial charge in [-0.3, -0.25) is 4.79 Å². The molecule has 2 aromatic carbocycles. The van der Waals surface area contributed by atoms with Crippen molar-refractivity contribution >= 4 is 11.9 Å². The first kappa shape index (κ1) is 17.7. The third-order valence-corrected chi connectivity index (χ3v) is 4.46. The van der Waals surface area contributed by atoms with Crippen LogP contribution in [0.4, 0.5) is 4.39 Å². The summed E-state index contributed by atoms with van der Waals surface area (Å²) in [6.07, 6.45) is -0.572. The van der Waals surface area contributed by atoms with E-state index >= 15 is 0 Å². The summed E-state index contributed by atoms with van der Waals surface area (Å²) in [7, 11) is 1.50. The smallest absolute Gasteiger partial charge is 0.333 e. The topological polar surface area (TPSA) is 84.9 Å². The van der Waals surface area contributed by atoms with Gasteiger partial charge in [0.1, 0.15) is 5.82 Å². The normalized spacial score (nSPS) is 17.6. The molecule has 2 aromatic rings. The molecule has 1 amide bonds. The fraction of sp³-hybridized carbons (Fsp3) is 0.263. The number of benzene rings is 2. The molecule has 7 heteroatoms.